The molecule has 0 fully saturated rings. The molecule has 0 aliphatic carbocycles. The van der Waals surface area contributed by atoms with Crippen LogP contribution in [0.3, 0.4) is 0 Å². The van der Waals surface area contributed by atoms with Crippen molar-refractivity contribution < 1.29 is 0 Å². The van der Waals surface area contributed by atoms with Crippen LogP contribution in [0.1, 0.15) is 5.56 Å². The van der Waals surface area contributed by atoms with Crippen LogP contribution in [0.4, 0.5) is 5.82 Å². The van der Waals surface area contributed by atoms with Gasteiger partial charge in [0.15, 0.2) is 11.2 Å². The second-order valence-electron chi connectivity index (χ2n) is 5.04. The van der Waals surface area contributed by atoms with E-state index in [1.165, 1.54) is 6.20 Å². The zero-order valence-electron chi connectivity index (χ0n) is 12.3. The molecule has 2 aromatic heterocycles. The van der Waals surface area contributed by atoms with E-state index in [1.54, 1.807) is 11.0 Å². The second kappa shape index (κ2) is 6.11. The quantitative estimate of drug-likeness (QED) is 0.549. The lowest BCUT2D eigenvalue weighted by Crippen LogP contribution is -2.07. The van der Waals surface area contributed by atoms with Gasteiger partial charge >= 0.3 is 0 Å². The summed E-state index contributed by atoms with van der Waals surface area (Å²) in [7, 11) is 3.80. The molecule has 3 aromatic rings. The zero-order chi connectivity index (χ0) is 15.5. The molecule has 0 aliphatic heterocycles. The molecule has 0 aliphatic rings. The molecule has 3 rings (SSSR count). The molecule has 0 atom stereocenters. The van der Waals surface area contributed by atoms with E-state index in [9.17, 15) is 0 Å². The fourth-order valence-electron chi connectivity index (χ4n) is 2.03. The van der Waals surface area contributed by atoms with Crippen LogP contribution in [0.2, 0.25) is 5.15 Å². The first-order valence-electron chi connectivity index (χ1n) is 6.77. The average Bonchev–Trinajstić information content (AvgIpc) is 2.83. The summed E-state index contributed by atoms with van der Waals surface area (Å²) >= 11 is 5.97. The van der Waals surface area contributed by atoms with Gasteiger partial charge in [0.1, 0.15) is 5.15 Å². The van der Waals surface area contributed by atoms with Gasteiger partial charge in [0.2, 0.25) is 5.82 Å². The zero-order valence-corrected chi connectivity index (χ0v) is 13.1. The normalized spacial score (nSPS) is 11.4. The van der Waals surface area contributed by atoms with Gasteiger partial charge in [-0.3, -0.25) is 0 Å². The lowest BCUT2D eigenvalue weighted by molar-refractivity contribution is 0.642. The number of aliphatic imine (C=N–C) groups is 1. The van der Waals surface area contributed by atoms with Crippen molar-refractivity contribution in [2.45, 2.75) is 6.54 Å². The molecule has 0 amide bonds. The van der Waals surface area contributed by atoms with Gasteiger partial charge in [-0.25, -0.2) is 19.6 Å². The maximum Gasteiger partial charge on any atom is 0.203 e. The van der Waals surface area contributed by atoms with Gasteiger partial charge in [0.25, 0.3) is 0 Å². The third kappa shape index (κ3) is 3.07. The minimum absolute atomic E-state index is 0.338. The third-order valence-corrected chi connectivity index (χ3v) is 3.16. The van der Waals surface area contributed by atoms with Crippen molar-refractivity contribution in [2.75, 3.05) is 14.1 Å². The molecule has 1 aromatic carbocycles. The smallest absolute Gasteiger partial charge is 0.203 e. The lowest BCUT2D eigenvalue weighted by Gasteiger charge is -2.02. The van der Waals surface area contributed by atoms with Gasteiger partial charge in [0.05, 0.1) is 19.1 Å². The van der Waals surface area contributed by atoms with Gasteiger partial charge in [-0.2, -0.15) is 0 Å². The van der Waals surface area contributed by atoms with Crippen LogP contribution in [-0.4, -0.2) is 45.1 Å². The lowest BCUT2D eigenvalue weighted by atomic mass is 10.2. The molecule has 0 unspecified atom stereocenters. The van der Waals surface area contributed by atoms with E-state index in [0.29, 0.717) is 28.7 Å². The van der Waals surface area contributed by atoms with E-state index >= 15 is 0 Å². The van der Waals surface area contributed by atoms with Crippen molar-refractivity contribution in [1.82, 2.24) is 24.6 Å². The summed E-state index contributed by atoms with van der Waals surface area (Å²) in [4.78, 5) is 14.8. The minimum atomic E-state index is 0.338. The summed E-state index contributed by atoms with van der Waals surface area (Å²) < 4.78 is 1.77. The second-order valence-corrected chi connectivity index (χ2v) is 5.43. The highest BCUT2D eigenvalue weighted by Crippen LogP contribution is 2.23. The van der Waals surface area contributed by atoms with Crippen molar-refractivity contribution >= 4 is 34.9 Å². The highest BCUT2D eigenvalue weighted by atomic mass is 35.5. The molecular formula is C15H15ClN6. The summed E-state index contributed by atoms with van der Waals surface area (Å²) in [5, 5.41) is 4.84. The molecule has 112 valence electrons. The van der Waals surface area contributed by atoms with Gasteiger partial charge in [0, 0.05) is 14.1 Å². The molecule has 2 heterocycles. The van der Waals surface area contributed by atoms with Crippen molar-refractivity contribution in [3.63, 3.8) is 0 Å². The van der Waals surface area contributed by atoms with Gasteiger partial charge in [-0.15, -0.1) is 5.10 Å². The van der Waals surface area contributed by atoms with Crippen LogP contribution in [-0.2, 0) is 6.54 Å². The number of hydrogen-bond acceptors (Lipinski definition) is 4. The van der Waals surface area contributed by atoms with Crippen LogP contribution in [0.15, 0.2) is 41.5 Å². The fourth-order valence-corrected chi connectivity index (χ4v) is 2.16. The van der Waals surface area contributed by atoms with Crippen molar-refractivity contribution in [1.29, 1.82) is 0 Å². The first-order chi connectivity index (χ1) is 10.6. The van der Waals surface area contributed by atoms with E-state index in [-0.39, 0.29) is 0 Å². The summed E-state index contributed by atoms with van der Waals surface area (Å²) in [5.74, 6) is 0.531. The predicted molar refractivity (Wildman–Crippen MR) is 87.7 cm³/mol. The number of aromatic nitrogens is 4. The Kier molecular flexibility index (Phi) is 4.02. The Morgan fingerprint density at radius 3 is 2.77 bits per heavy atom. The molecule has 6 nitrogen and oxygen atoms in total. The average molecular weight is 315 g/mol. The Morgan fingerprint density at radius 2 is 2.05 bits per heavy atom. The first kappa shape index (κ1) is 14.5. The van der Waals surface area contributed by atoms with Crippen molar-refractivity contribution in [3.8, 4) is 0 Å². The first-order valence-corrected chi connectivity index (χ1v) is 7.15. The highest BCUT2D eigenvalue weighted by Gasteiger charge is 2.13. The van der Waals surface area contributed by atoms with Gasteiger partial charge < -0.3 is 4.90 Å². The van der Waals surface area contributed by atoms with Crippen LogP contribution >= 0.6 is 11.6 Å². The van der Waals surface area contributed by atoms with Crippen LogP contribution in [0.5, 0.6) is 0 Å². The molecule has 0 bridgehead atoms. The highest BCUT2D eigenvalue weighted by molar-refractivity contribution is 6.29. The standard InChI is InChI=1S/C15H15ClN6/c1-21(2)10-18-14-13-15(19-12(16)8-17-13)22(20-14)9-11-6-4-3-5-7-11/h3-8,10H,9H2,1-2H3/b18-10-. The molecule has 7 heteroatoms. The maximum absolute atomic E-state index is 5.97. The van der Waals surface area contributed by atoms with E-state index in [2.05, 4.69) is 20.1 Å². The number of benzene rings is 1. The number of hydrogen-bond donors (Lipinski definition) is 0. The molecule has 0 spiro atoms. The summed E-state index contributed by atoms with van der Waals surface area (Å²) in [6, 6.07) is 10.0. The van der Waals surface area contributed by atoms with E-state index < -0.39 is 0 Å². The maximum atomic E-state index is 5.97. The van der Waals surface area contributed by atoms with Crippen LogP contribution < -0.4 is 0 Å². The monoisotopic (exact) mass is 314 g/mol. The Labute approximate surface area is 133 Å². The molecular weight excluding hydrogens is 300 g/mol. The molecule has 0 N–H and O–H groups in total. The summed E-state index contributed by atoms with van der Waals surface area (Å²) in [5.41, 5.74) is 2.39. The Balaban J connectivity index is 2.07. The number of fused-ring (bicyclic) bond motifs is 1. The topological polar surface area (TPSA) is 59.2 Å². The van der Waals surface area contributed by atoms with E-state index in [0.717, 1.165) is 5.56 Å². The van der Waals surface area contributed by atoms with E-state index in [4.69, 9.17) is 11.6 Å². The van der Waals surface area contributed by atoms with E-state index in [1.807, 2.05) is 49.3 Å². The number of nitrogens with zero attached hydrogens (tertiary/aromatic N) is 6. The van der Waals surface area contributed by atoms with Gasteiger partial charge in [-0.1, -0.05) is 41.9 Å². The SMILES string of the molecule is CN(C)/C=N\c1nn(Cc2ccccc2)c2nc(Cl)cnc12. The van der Waals surface area contributed by atoms with Crippen molar-refractivity contribution in [2.24, 2.45) is 4.99 Å². The predicted octanol–water partition coefficient (Wildman–Crippen LogP) is 2.75. The molecule has 0 saturated heterocycles. The molecule has 0 saturated carbocycles. The number of halogens is 1. The Morgan fingerprint density at radius 1 is 1.27 bits per heavy atom. The minimum Gasteiger partial charge on any atom is -0.369 e. The fraction of sp³-hybridized carbons (Fsp3) is 0.200. The number of rotatable bonds is 4. The van der Waals surface area contributed by atoms with Gasteiger partial charge in [-0.05, 0) is 5.56 Å². The molecule has 22 heavy (non-hydrogen) atoms. The summed E-state index contributed by atoms with van der Waals surface area (Å²) in [6.07, 6.45) is 3.19. The third-order valence-electron chi connectivity index (χ3n) is 2.98. The van der Waals surface area contributed by atoms with Crippen LogP contribution in [0, 0.1) is 0 Å². The summed E-state index contributed by atoms with van der Waals surface area (Å²) in [6.45, 7) is 0.587. The van der Waals surface area contributed by atoms with Crippen LogP contribution in [0.25, 0.3) is 11.2 Å². The van der Waals surface area contributed by atoms with Crippen molar-refractivity contribution in [3.05, 3.63) is 47.2 Å². The largest absolute Gasteiger partial charge is 0.369 e. The molecule has 0 radical (unpaired) electrons. The Bertz CT molecular complexity index is 810. The Hall–Kier alpha value is -2.47.